The molecule has 0 unspecified atom stereocenters. The van der Waals surface area contributed by atoms with Gasteiger partial charge in [0.15, 0.2) is 0 Å². The number of aliphatic carboxylic acids is 1. The zero-order chi connectivity index (χ0) is 16.3. The number of sulfonamides is 1. The van der Waals surface area contributed by atoms with E-state index in [0.29, 0.717) is 9.33 Å². The lowest BCUT2D eigenvalue weighted by atomic mass is 10.3. The van der Waals surface area contributed by atoms with E-state index in [2.05, 4.69) is 0 Å². The molecule has 0 fully saturated rings. The van der Waals surface area contributed by atoms with E-state index < -0.39 is 28.4 Å². The molecule has 0 atom stereocenters. The van der Waals surface area contributed by atoms with Gasteiger partial charge in [0, 0.05) is 5.02 Å². The first-order chi connectivity index (χ1) is 10.3. The molecular formula is C14H11ClFNO4S. The van der Waals surface area contributed by atoms with Crippen LogP contribution in [0.5, 0.6) is 0 Å². The second kappa shape index (κ2) is 6.33. The van der Waals surface area contributed by atoms with Gasteiger partial charge in [0.1, 0.15) is 12.4 Å². The summed E-state index contributed by atoms with van der Waals surface area (Å²) < 4.78 is 39.1. The molecular weight excluding hydrogens is 333 g/mol. The highest BCUT2D eigenvalue weighted by Crippen LogP contribution is 2.25. The van der Waals surface area contributed by atoms with Crippen LogP contribution in [0.4, 0.5) is 10.1 Å². The smallest absolute Gasteiger partial charge is 0.324 e. The minimum absolute atomic E-state index is 0.121. The van der Waals surface area contributed by atoms with Crippen LogP contribution in [-0.4, -0.2) is 26.0 Å². The van der Waals surface area contributed by atoms with Gasteiger partial charge >= 0.3 is 5.97 Å². The molecule has 0 aliphatic rings. The van der Waals surface area contributed by atoms with E-state index in [4.69, 9.17) is 16.7 Å². The van der Waals surface area contributed by atoms with Crippen LogP contribution in [0, 0.1) is 5.82 Å². The van der Waals surface area contributed by atoms with Crippen molar-refractivity contribution < 1.29 is 22.7 Å². The van der Waals surface area contributed by atoms with Gasteiger partial charge in [-0.2, -0.15) is 0 Å². The summed E-state index contributed by atoms with van der Waals surface area (Å²) in [5.74, 6) is -2.07. The molecule has 0 amide bonds. The maximum absolute atomic E-state index is 13.3. The average Bonchev–Trinajstić information content (AvgIpc) is 2.45. The number of hydrogen-bond acceptors (Lipinski definition) is 3. The Kier molecular flexibility index (Phi) is 4.68. The molecule has 8 heteroatoms. The molecule has 0 heterocycles. The Labute approximate surface area is 131 Å². The third-order valence-corrected chi connectivity index (χ3v) is 4.80. The molecule has 22 heavy (non-hydrogen) atoms. The van der Waals surface area contributed by atoms with E-state index in [1.165, 1.54) is 36.4 Å². The van der Waals surface area contributed by atoms with Gasteiger partial charge in [-0.1, -0.05) is 17.7 Å². The van der Waals surface area contributed by atoms with Gasteiger partial charge in [0.05, 0.1) is 10.6 Å². The van der Waals surface area contributed by atoms with Gasteiger partial charge in [-0.25, -0.2) is 12.8 Å². The molecule has 0 bridgehead atoms. The lowest BCUT2D eigenvalue weighted by Crippen LogP contribution is -2.35. The van der Waals surface area contributed by atoms with Gasteiger partial charge in [-0.3, -0.25) is 9.10 Å². The van der Waals surface area contributed by atoms with Crippen LogP contribution in [-0.2, 0) is 14.8 Å². The monoisotopic (exact) mass is 343 g/mol. The van der Waals surface area contributed by atoms with Crippen molar-refractivity contribution in [2.45, 2.75) is 4.90 Å². The van der Waals surface area contributed by atoms with Crippen molar-refractivity contribution in [2.24, 2.45) is 0 Å². The molecule has 1 N–H and O–H groups in total. The minimum Gasteiger partial charge on any atom is -0.480 e. The quantitative estimate of drug-likeness (QED) is 0.905. The summed E-state index contributed by atoms with van der Waals surface area (Å²) in [6.45, 7) is -0.791. The first kappa shape index (κ1) is 16.3. The Morgan fingerprint density at radius 3 is 2.36 bits per heavy atom. The summed E-state index contributed by atoms with van der Waals surface area (Å²) in [7, 11) is -4.22. The van der Waals surface area contributed by atoms with Crippen LogP contribution in [0.1, 0.15) is 0 Å². The number of benzene rings is 2. The van der Waals surface area contributed by atoms with E-state index in [-0.39, 0.29) is 10.6 Å². The number of carbonyl (C=O) groups is 1. The maximum Gasteiger partial charge on any atom is 0.324 e. The molecule has 0 spiro atoms. The van der Waals surface area contributed by atoms with Gasteiger partial charge in [0.2, 0.25) is 0 Å². The SMILES string of the molecule is O=C(O)CN(c1ccc(Cl)cc1)S(=O)(=O)c1cccc(F)c1. The summed E-state index contributed by atoms with van der Waals surface area (Å²) in [5.41, 5.74) is 0.121. The van der Waals surface area contributed by atoms with E-state index >= 15 is 0 Å². The van der Waals surface area contributed by atoms with Crippen LogP contribution in [0.15, 0.2) is 53.4 Å². The lowest BCUT2D eigenvalue weighted by molar-refractivity contribution is -0.135. The van der Waals surface area contributed by atoms with E-state index in [9.17, 15) is 17.6 Å². The molecule has 2 aromatic carbocycles. The summed E-state index contributed by atoms with van der Waals surface area (Å²) in [6, 6.07) is 10.00. The zero-order valence-corrected chi connectivity index (χ0v) is 12.7. The van der Waals surface area contributed by atoms with Gasteiger partial charge in [0.25, 0.3) is 10.0 Å². The largest absolute Gasteiger partial charge is 0.480 e. The molecule has 5 nitrogen and oxygen atoms in total. The predicted octanol–water partition coefficient (Wildman–Crippen LogP) is 2.76. The third kappa shape index (κ3) is 3.55. The van der Waals surface area contributed by atoms with Crippen molar-refractivity contribution in [3.8, 4) is 0 Å². The van der Waals surface area contributed by atoms with Crippen LogP contribution in [0.2, 0.25) is 5.02 Å². The molecule has 0 radical (unpaired) electrons. The Morgan fingerprint density at radius 1 is 1.18 bits per heavy atom. The van der Waals surface area contributed by atoms with Gasteiger partial charge in [-0.15, -0.1) is 0 Å². The van der Waals surface area contributed by atoms with Gasteiger partial charge < -0.3 is 5.11 Å². The molecule has 2 aromatic rings. The fraction of sp³-hybridized carbons (Fsp3) is 0.0714. The highest BCUT2D eigenvalue weighted by molar-refractivity contribution is 7.92. The summed E-state index contributed by atoms with van der Waals surface area (Å²) in [4.78, 5) is 10.7. The van der Waals surface area contributed by atoms with E-state index in [1.807, 2.05) is 0 Å². The standard InChI is InChI=1S/C14H11ClFNO4S/c15-10-4-6-12(7-5-10)17(9-14(18)19)22(20,21)13-3-1-2-11(16)8-13/h1-8H,9H2,(H,18,19). The number of halogens is 2. The second-order valence-corrected chi connectivity index (χ2v) is 6.64. The topological polar surface area (TPSA) is 74.7 Å². The minimum atomic E-state index is -4.22. The first-order valence-electron chi connectivity index (χ1n) is 6.06. The number of hydrogen-bond donors (Lipinski definition) is 1. The number of carboxylic acid groups (broad SMARTS) is 1. The summed E-state index contributed by atoms with van der Waals surface area (Å²) in [5, 5.41) is 9.34. The highest BCUT2D eigenvalue weighted by atomic mass is 35.5. The molecule has 0 saturated heterocycles. The first-order valence-corrected chi connectivity index (χ1v) is 7.88. The van der Waals surface area contributed by atoms with E-state index in [1.54, 1.807) is 0 Å². The van der Waals surface area contributed by atoms with Crippen molar-refractivity contribution in [3.05, 3.63) is 59.4 Å². The predicted molar refractivity (Wildman–Crippen MR) is 80.0 cm³/mol. The molecule has 0 aromatic heterocycles. The van der Waals surface area contributed by atoms with Crippen molar-refractivity contribution >= 4 is 33.3 Å². The Morgan fingerprint density at radius 2 is 1.82 bits per heavy atom. The number of rotatable bonds is 5. The Hall–Kier alpha value is -2.12. The number of anilines is 1. The van der Waals surface area contributed by atoms with E-state index in [0.717, 1.165) is 12.1 Å². The van der Waals surface area contributed by atoms with Gasteiger partial charge in [-0.05, 0) is 42.5 Å². The Bertz CT molecular complexity index is 793. The number of carboxylic acids is 1. The molecule has 116 valence electrons. The fourth-order valence-corrected chi connectivity index (χ4v) is 3.37. The Balaban J connectivity index is 2.53. The van der Waals surface area contributed by atoms with Crippen molar-refractivity contribution in [2.75, 3.05) is 10.8 Å². The zero-order valence-electron chi connectivity index (χ0n) is 11.1. The van der Waals surface area contributed by atoms with Crippen LogP contribution >= 0.6 is 11.6 Å². The third-order valence-electron chi connectivity index (χ3n) is 2.78. The average molecular weight is 344 g/mol. The van der Waals surface area contributed by atoms with Crippen molar-refractivity contribution in [1.82, 2.24) is 0 Å². The summed E-state index contributed by atoms with van der Waals surface area (Å²) >= 11 is 5.74. The van der Waals surface area contributed by atoms with Crippen LogP contribution in [0.3, 0.4) is 0 Å². The molecule has 0 aliphatic heterocycles. The van der Waals surface area contributed by atoms with Crippen molar-refractivity contribution in [1.29, 1.82) is 0 Å². The van der Waals surface area contributed by atoms with Crippen molar-refractivity contribution in [3.63, 3.8) is 0 Å². The highest BCUT2D eigenvalue weighted by Gasteiger charge is 2.27. The second-order valence-electron chi connectivity index (χ2n) is 4.34. The van der Waals surface area contributed by atoms with Crippen LogP contribution < -0.4 is 4.31 Å². The fourth-order valence-electron chi connectivity index (χ4n) is 1.80. The molecule has 0 aliphatic carbocycles. The number of nitrogens with zero attached hydrogens (tertiary/aromatic N) is 1. The lowest BCUT2D eigenvalue weighted by Gasteiger charge is -2.22. The molecule has 0 saturated carbocycles. The molecule has 2 rings (SSSR count). The van der Waals surface area contributed by atoms with Crippen LogP contribution in [0.25, 0.3) is 0 Å². The normalized spacial score (nSPS) is 11.2. The summed E-state index contributed by atoms with van der Waals surface area (Å²) in [6.07, 6.45) is 0. The maximum atomic E-state index is 13.3.